The van der Waals surface area contributed by atoms with Gasteiger partial charge in [0.05, 0.1) is 15.2 Å². The molecule has 0 unspecified atom stereocenters. The SMILES string of the molecule is O=C(CCN=C1NS(=O)(=O)c2ccccc21)NCCc1ccc(Br)s1. The summed E-state index contributed by atoms with van der Waals surface area (Å²) in [6.07, 6.45) is 0.991. The fourth-order valence-corrected chi connectivity index (χ4v) is 5.15. The van der Waals surface area contributed by atoms with Gasteiger partial charge in [-0.25, -0.2) is 8.42 Å². The molecule has 1 amide bonds. The van der Waals surface area contributed by atoms with Crippen molar-refractivity contribution in [2.24, 2.45) is 4.99 Å². The van der Waals surface area contributed by atoms with Crippen molar-refractivity contribution in [3.63, 3.8) is 0 Å². The van der Waals surface area contributed by atoms with E-state index in [-0.39, 0.29) is 23.8 Å². The average Bonchev–Trinajstić information content (AvgIpc) is 3.09. The molecule has 0 saturated carbocycles. The molecule has 3 rings (SSSR count). The fraction of sp³-hybridized carbons (Fsp3) is 0.250. The van der Waals surface area contributed by atoms with Crippen LogP contribution in [0.4, 0.5) is 0 Å². The lowest BCUT2D eigenvalue weighted by molar-refractivity contribution is -0.120. The molecular weight excluding hydrogens is 426 g/mol. The van der Waals surface area contributed by atoms with Gasteiger partial charge in [0.2, 0.25) is 5.91 Å². The molecule has 1 aromatic carbocycles. The number of aliphatic imine (C=N–C) groups is 1. The molecule has 25 heavy (non-hydrogen) atoms. The second kappa shape index (κ2) is 7.67. The number of nitrogens with zero attached hydrogens (tertiary/aromatic N) is 1. The summed E-state index contributed by atoms with van der Waals surface area (Å²) in [6.45, 7) is 0.792. The highest BCUT2D eigenvalue weighted by Crippen LogP contribution is 2.22. The number of carbonyl (C=O) groups excluding carboxylic acids is 1. The van der Waals surface area contributed by atoms with Gasteiger partial charge in [0.25, 0.3) is 10.0 Å². The van der Waals surface area contributed by atoms with Crippen LogP contribution in [-0.4, -0.2) is 33.3 Å². The Bertz CT molecular complexity index is 922. The van der Waals surface area contributed by atoms with E-state index in [4.69, 9.17) is 0 Å². The van der Waals surface area contributed by atoms with Crippen molar-refractivity contribution < 1.29 is 13.2 Å². The molecule has 1 aromatic heterocycles. The van der Waals surface area contributed by atoms with Crippen LogP contribution in [0.1, 0.15) is 16.9 Å². The van der Waals surface area contributed by atoms with E-state index < -0.39 is 10.0 Å². The van der Waals surface area contributed by atoms with Gasteiger partial charge < -0.3 is 5.32 Å². The van der Waals surface area contributed by atoms with Gasteiger partial charge in [0, 0.05) is 23.4 Å². The molecule has 1 aliphatic heterocycles. The Balaban J connectivity index is 1.49. The minimum Gasteiger partial charge on any atom is -0.356 e. The van der Waals surface area contributed by atoms with Gasteiger partial charge in [-0.05, 0) is 46.6 Å². The smallest absolute Gasteiger partial charge is 0.263 e. The van der Waals surface area contributed by atoms with E-state index >= 15 is 0 Å². The van der Waals surface area contributed by atoms with Crippen molar-refractivity contribution in [1.82, 2.24) is 10.0 Å². The van der Waals surface area contributed by atoms with Crippen LogP contribution < -0.4 is 10.0 Å². The number of hydrogen-bond donors (Lipinski definition) is 2. The van der Waals surface area contributed by atoms with Crippen molar-refractivity contribution in [2.45, 2.75) is 17.7 Å². The lowest BCUT2D eigenvalue weighted by Gasteiger charge is -2.03. The highest BCUT2D eigenvalue weighted by molar-refractivity contribution is 9.11. The summed E-state index contributed by atoms with van der Waals surface area (Å²) in [5.41, 5.74) is 0.547. The standard InChI is InChI=1S/C16H16BrN3O3S2/c17-14-6-5-11(24-14)7-9-18-15(21)8-10-19-16-12-3-1-2-4-13(12)25(22,23)20-16/h1-6H,7-10H2,(H,18,21)(H,19,20). The monoisotopic (exact) mass is 441 g/mol. The first-order valence-corrected chi connectivity index (χ1v) is 10.7. The molecule has 1 aliphatic rings. The number of fused-ring (bicyclic) bond motifs is 1. The van der Waals surface area contributed by atoms with Crippen molar-refractivity contribution in [3.8, 4) is 0 Å². The molecule has 0 fully saturated rings. The van der Waals surface area contributed by atoms with Crippen molar-refractivity contribution in [1.29, 1.82) is 0 Å². The largest absolute Gasteiger partial charge is 0.356 e. The van der Waals surface area contributed by atoms with Crippen molar-refractivity contribution >= 4 is 49.0 Å². The fourth-order valence-electron chi connectivity index (χ4n) is 2.42. The third-order valence-corrected chi connectivity index (χ3v) is 6.67. The van der Waals surface area contributed by atoms with E-state index in [1.807, 2.05) is 12.1 Å². The molecule has 2 heterocycles. The third kappa shape index (κ3) is 4.47. The van der Waals surface area contributed by atoms with Gasteiger partial charge in [0.1, 0.15) is 5.84 Å². The van der Waals surface area contributed by atoms with Crippen LogP contribution in [0.15, 0.2) is 50.1 Å². The molecule has 9 heteroatoms. The summed E-state index contributed by atoms with van der Waals surface area (Å²) in [4.78, 5) is 17.5. The Kier molecular flexibility index (Phi) is 5.55. The molecule has 0 radical (unpaired) electrons. The number of sulfonamides is 1. The van der Waals surface area contributed by atoms with Crippen LogP contribution in [-0.2, 0) is 21.2 Å². The Morgan fingerprint density at radius 2 is 2.04 bits per heavy atom. The Hall–Kier alpha value is -1.71. The molecule has 2 N–H and O–H groups in total. The minimum absolute atomic E-state index is 0.103. The number of thiophene rings is 1. The molecule has 0 saturated heterocycles. The predicted octanol–water partition coefficient (Wildman–Crippen LogP) is 2.30. The first-order valence-electron chi connectivity index (χ1n) is 7.63. The van der Waals surface area contributed by atoms with Crippen LogP contribution in [0.3, 0.4) is 0 Å². The lowest BCUT2D eigenvalue weighted by atomic mass is 10.2. The number of hydrogen-bond acceptors (Lipinski definition) is 5. The predicted molar refractivity (Wildman–Crippen MR) is 102 cm³/mol. The highest BCUT2D eigenvalue weighted by Gasteiger charge is 2.29. The van der Waals surface area contributed by atoms with Gasteiger partial charge in [0.15, 0.2) is 0 Å². The Morgan fingerprint density at radius 1 is 1.24 bits per heavy atom. The number of benzene rings is 1. The topological polar surface area (TPSA) is 87.6 Å². The summed E-state index contributed by atoms with van der Waals surface area (Å²) < 4.78 is 27.4. The average molecular weight is 442 g/mol. The van der Waals surface area contributed by atoms with Gasteiger partial charge >= 0.3 is 0 Å². The summed E-state index contributed by atoms with van der Waals surface area (Å²) in [5.74, 6) is 0.195. The third-order valence-electron chi connectivity index (χ3n) is 3.59. The van der Waals surface area contributed by atoms with Crippen LogP contribution in [0, 0.1) is 0 Å². The molecule has 0 aliphatic carbocycles. The number of halogens is 1. The maximum absolute atomic E-state index is 12.0. The van der Waals surface area contributed by atoms with Crippen molar-refractivity contribution in [2.75, 3.05) is 13.1 Å². The summed E-state index contributed by atoms with van der Waals surface area (Å²) >= 11 is 5.05. The number of rotatable bonds is 6. The molecule has 2 aromatic rings. The molecular formula is C16H16BrN3O3S2. The molecule has 0 spiro atoms. The Morgan fingerprint density at radius 3 is 2.80 bits per heavy atom. The van der Waals surface area contributed by atoms with Crippen LogP contribution >= 0.6 is 27.3 Å². The van der Waals surface area contributed by atoms with E-state index in [2.05, 4.69) is 31.0 Å². The van der Waals surface area contributed by atoms with E-state index in [1.165, 1.54) is 10.9 Å². The maximum Gasteiger partial charge on any atom is 0.263 e. The second-order valence-electron chi connectivity index (χ2n) is 5.39. The van der Waals surface area contributed by atoms with E-state index in [9.17, 15) is 13.2 Å². The van der Waals surface area contributed by atoms with Gasteiger partial charge in [-0.1, -0.05) is 12.1 Å². The lowest BCUT2D eigenvalue weighted by Crippen LogP contribution is -2.26. The van der Waals surface area contributed by atoms with Crippen LogP contribution in [0.5, 0.6) is 0 Å². The Labute approximate surface area is 158 Å². The molecule has 6 nitrogen and oxygen atoms in total. The number of carbonyl (C=O) groups is 1. The summed E-state index contributed by atoms with van der Waals surface area (Å²) in [7, 11) is -3.53. The van der Waals surface area contributed by atoms with Crippen molar-refractivity contribution in [3.05, 3.63) is 50.6 Å². The zero-order valence-corrected chi connectivity index (χ0v) is 16.4. The molecule has 0 bridgehead atoms. The van der Waals surface area contributed by atoms with Gasteiger partial charge in [-0.2, -0.15) is 0 Å². The quantitative estimate of drug-likeness (QED) is 0.720. The van der Waals surface area contributed by atoms with Gasteiger partial charge in [-0.3, -0.25) is 14.5 Å². The zero-order chi connectivity index (χ0) is 17.9. The summed E-state index contributed by atoms with van der Waals surface area (Å²) in [5, 5.41) is 2.85. The van der Waals surface area contributed by atoms with E-state index in [1.54, 1.807) is 29.5 Å². The zero-order valence-electron chi connectivity index (χ0n) is 13.2. The first kappa shape index (κ1) is 18.1. The van der Waals surface area contributed by atoms with E-state index in [0.717, 1.165) is 10.2 Å². The van der Waals surface area contributed by atoms with E-state index in [0.29, 0.717) is 17.9 Å². The van der Waals surface area contributed by atoms with Crippen LogP contribution in [0.25, 0.3) is 0 Å². The first-order chi connectivity index (χ1) is 12.0. The highest BCUT2D eigenvalue weighted by atomic mass is 79.9. The minimum atomic E-state index is -3.53. The molecule has 132 valence electrons. The number of amides is 1. The second-order valence-corrected chi connectivity index (χ2v) is 9.59. The normalized spacial score (nSPS) is 16.4. The van der Waals surface area contributed by atoms with Gasteiger partial charge in [-0.15, -0.1) is 11.3 Å². The van der Waals surface area contributed by atoms with Crippen LogP contribution in [0.2, 0.25) is 0 Å². The maximum atomic E-state index is 12.0. The molecule has 0 atom stereocenters. The summed E-state index contributed by atoms with van der Waals surface area (Å²) in [6, 6.07) is 10.7. The number of amidine groups is 1. The number of nitrogens with one attached hydrogen (secondary N) is 2.